The molecule has 4 nitrogen and oxygen atoms in total. The number of rotatable bonds is 3. The number of aromatic nitrogens is 1. The van der Waals surface area contributed by atoms with E-state index in [0.29, 0.717) is 12.1 Å². The van der Waals surface area contributed by atoms with Crippen LogP contribution >= 0.6 is 0 Å². The molecule has 1 aromatic rings. The van der Waals surface area contributed by atoms with E-state index in [1.165, 1.54) is 12.8 Å². The Morgan fingerprint density at radius 1 is 1.29 bits per heavy atom. The number of sulfone groups is 1. The summed E-state index contributed by atoms with van der Waals surface area (Å²) >= 11 is 0. The molecule has 2 atom stereocenters. The highest BCUT2D eigenvalue weighted by Crippen LogP contribution is 2.32. The summed E-state index contributed by atoms with van der Waals surface area (Å²) in [7, 11) is -3.38. The van der Waals surface area contributed by atoms with Gasteiger partial charge in [0.15, 0.2) is 14.9 Å². The highest BCUT2D eigenvalue weighted by atomic mass is 32.2. The normalized spacial score (nSPS) is 23.6. The minimum absolute atomic E-state index is 0.165. The van der Waals surface area contributed by atoms with Gasteiger partial charge in [0.05, 0.1) is 16.6 Å². The summed E-state index contributed by atoms with van der Waals surface area (Å²) in [5.41, 5.74) is 1.03. The lowest BCUT2D eigenvalue weighted by Crippen LogP contribution is -2.34. The van der Waals surface area contributed by atoms with Crippen molar-refractivity contribution in [1.29, 1.82) is 0 Å². The maximum atomic E-state index is 12.4. The molecule has 0 amide bonds. The average molecular weight is 310 g/mol. The molecule has 1 aliphatic rings. The summed E-state index contributed by atoms with van der Waals surface area (Å²) in [5, 5.41) is 0.165. The van der Waals surface area contributed by atoms with Crippen molar-refractivity contribution < 1.29 is 8.42 Å². The van der Waals surface area contributed by atoms with Crippen LogP contribution in [-0.4, -0.2) is 30.2 Å². The fraction of sp³-hybridized carbons (Fsp3) is 0.688. The van der Waals surface area contributed by atoms with Gasteiger partial charge in [-0.3, -0.25) is 0 Å². The quantitative estimate of drug-likeness (QED) is 0.858. The van der Waals surface area contributed by atoms with Crippen LogP contribution in [-0.2, 0) is 9.84 Å². The Kier molecular flexibility index (Phi) is 4.34. The number of anilines is 1. The maximum Gasteiger partial charge on any atom is 0.200 e. The van der Waals surface area contributed by atoms with E-state index in [9.17, 15) is 8.42 Å². The molecule has 2 rings (SSSR count). The van der Waals surface area contributed by atoms with Crippen molar-refractivity contribution in [1.82, 2.24) is 4.98 Å². The van der Waals surface area contributed by atoms with E-state index in [4.69, 9.17) is 0 Å². The zero-order valence-electron chi connectivity index (χ0n) is 13.6. The predicted molar refractivity (Wildman–Crippen MR) is 86.4 cm³/mol. The van der Waals surface area contributed by atoms with Crippen LogP contribution in [0.15, 0.2) is 23.4 Å². The molecule has 1 aliphatic heterocycles. The van der Waals surface area contributed by atoms with Crippen molar-refractivity contribution in [3.63, 3.8) is 0 Å². The number of hydrogen-bond donors (Lipinski definition) is 0. The first-order valence-electron chi connectivity index (χ1n) is 7.67. The third-order valence-corrected chi connectivity index (χ3v) is 6.76. The van der Waals surface area contributed by atoms with Crippen LogP contribution in [0.5, 0.6) is 0 Å². The molecule has 0 aromatic carbocycles. The lowest BCUT2D eigenvalue weighted by Gasteiger charge is -2.30. The van der Waals surface area contributed by atoms with E-state index in [1.807, 2.05) is 6.07 Å². The molecule has 1 saturated heterocycles. The second-order valence-corrected chi connectivity index (χ2v) is 9.52. The van der Waals surface area contributed by atoms with Crippen LogP contribution in [0.3, 0.4) is 0 Å². The monoisotopic (exact) mass is 310 g/mol. The molecule has 0 spiro atoms. The molecule has 1 aromatic heterocycles. The average Bonchev–Trinajstić information content (AvgIpc) is 2.78. The molecule has 2 heterocycles. The second kappa shape index (κ2) is 5.59. The first kappa shape index (κ1) is 16.3. The summed E-state index contributed by atoms with van der Waals surface area (Å²) in [5.74, 6) is 0. The smallest absolute Gasteiger partial charge is 0.200 e. The molecule has 0 radical (unpaired) electrons. The molecule has 118 valence electrons. The zero-order chi connectivity index (χ0) is 15.8. The third-order valence-electron chi connectivity index (χ3n) is 4.36. The minimum Gasteiger partial charge on any atom is -0.365 e. The van der Waals surface area contributed by atoms with Crippen LogP contribution < -0.4 is 4.90 Å². The van der Waals surface area contributed by atoms with E-state index in [2.05, 4.69) is 23.7 Å². The van der Waals surface area contributed by atoms with Gasteiger partial charge < -0.3 is 4.90 Å². The van der Waals surface area contributed by atoms with E-state index in [1.54, 1.807) is 33.0 Å². The molecular weight excluding hydrogens is 284 g/mol. The summed E-state index contributed by atoms with van der Waals surface area (Å²) in [6, 6.07) is 4.57. The molecule has 2 unspecified atom stereocenters. The Morgan fingerprint density at radius 2 is 1.95 bits per heavy atom. The zero-order valence-corrected chi connectivity index (χ0v) is 14.4. The topological polar surface area (TPSA) is 50.3 Å². The van der Waals surface area contributed by atoms with E-state index < -0.39 is 14.6 Å². The molecule has 21 heavy (non-hydrogen) atoms. The Morgan fingerprint density at radius 3 is 2.43 bits per heavy atom. The molecule has 5 heteroatoms. The van der Waals surface area contributed by atoms with Gasteiger partial charge in [-0.25, -0.2) is 13.4 Å². The largest absolute Gasteiger partial charge is 0.365 e. The Labute approximate surface area is 128 Å². The van der Waals surface area contributed by atoms with Crippen LogP contribution in [0.2, 0.25) is 0 Å². The van der Waals surface area contributed by atoms with E-state index in [0.717, 1.165) is 12.1 Å². The Hall–Kier alpha value is -1.10. The third kappa shape index (κ3) is 2.93. The fourth-order valence-electron chi connectivity index (χ4n) is 2.94. The van der Waals surface area contributed by atoms with Gasteiger partial charge >= 0.3 is 0 Å². The lowest BCUT2D eigenvalue weighted by atomic mass is 10.1. The van der Waals surface area contributed by atoms with Crippen molar-refractivity contribution >= 4 is 15.5 Å². The first-order chi connectivity index (χ1) is 9.68. The summed E-state index contributed by atoms with van der Waals surface area (Å²) in [6.07, 6.45) is 5.19. The Balaban J connectivity index is 2.32. The summed E-state index contributed by atoms with van der Waals surface area (Å²) < 4.78 is 24.0. The molecule has 0 aliphatic carbocycles. The van der Waals surface area contributed by atoms with Gasteiger partial charge in [-0.05, 0) is 59.1 Å². The van der Waals surface area contributed by atoms with Crippen molar-refractivity contribution in [2.45, 2.75) is 75.7 Å². The standard InChI is InChI=1S/C16H26N2O2S/c1-6-13-8-7-12(2)18(13)14-9-10-15(17-11-14)21(19,20)16(3,4)5/h9-13H,6-8H2,1-5H3. The van der Waals surface area contributed by atoms with Gasteiger partial charge in [0.2, 0.25) is 0 Å². The summed E-state index contributed by atoms with van der Waals surface area (Å²) in [4.78, 5) is 6.61. The first-order valence-corrected chi connectivity index (χ1v) is 9.16. The van der Waals surface area contributed by atoms with Crippen molar-refractivity contribution in [2.24, 2.45) is 0 Å². The van der Waals surface area contributed by atoms with Crippen molar-refractivity contribution in [3.05, 3.63) is 18.3 Å². The highest BCUT2D eigenvalue weighted by Gasteiger charge is 2.33. The molecular formula is C16H26N2O2S. The molecule has 0 bridgehead atoms. The predicted octanol–water partition coefficient (Wildman–Crippen LogP) is 3.42. The van der Waals surface area contributed by atoms with Gasteiger partial charge in [-0.1, -0.05) is 6.92 Å². The van der Waals surface area contributed by atoms with E-state index >= 15 is 0 Å². The fourth-order valence-corrected chi connectivity index (χ4v) is 4.00. The number of pyridine rings is 1. The Bertz CT molecular complexity index is 588. The van der Waals surface area contributed by atoms with Gasteiger partial charge in [0, 0.05) is 12.1 Å². The lowest BCUT2D eigenvalue weighted by molar-refractivity contribution is 0.556. The summed E-state index contributed by atoms with van der Waals surface area (Å²) in [6.45, 7) is 9.52. The van der Waals surface area contributed by atoms with Gasteiger partial charge in [0.25, 0.3) is 0 Å². The second-order valence-electron chi connectivity index (χ2n) is 6.87. The van der Waals surface area contributed by atoms with Gasteiger partial charge in [-0.2, -0.15) is 0 Å². The SMILES string of the molecule is CCC1CCC(C)N1c1ccc(S(=O)(=O)C(C)(C)C)nc1. The minimum atomic E-state index is -3.38. The molecule has 1 fully saturated rings. The number of nitrogens with zero attached hydrogens (tertiary/aromatic N) is 2. The molecule has 0 saturated carbocycles. The van der Waals surface area contributed by atoms with Crippen LogP contribution in [0.4, 0.5) is 5.69 Å². The van der Waals surface area contributed by atoms with Crippen molar-refractivity contribution in [3.8, 4) is 0 Å². The van der Waals surface area contributed by atoms with Gasteiger partial charge in [0.1, 0.15) is 0 Å². The van der Waals surface area contributed by atoms with E-state index in [-0.39, 0.29) is 5.03 Å². The van der Waals surface area contributed by atoms with Crippen LogP contribution in [0, 0.1) is 0 Å². The number of hydrogen-bond acceptors (Lipinski definition) is 4. The van der Waals surface area contributed by atoms with Crippen LogP contribution in [0.1, 0.15) is 53.9 Å². The van der Waals surface area contributed by atoms with Crippen LogP contribution in [0.25, 0.3) is 0 Å². The van der Waals surface area contributed by atoms with Crippen molar-refractivity contribution in [2.75, 3.05) is 4.90 Å². The molecule has 0 N–H and O–H groups in total. The maximum absolute atomic E-state index is 12.4. The highest BCUT2D eigenvalue weighted by molar-refractivity contribution is 7.92. The van der Waals surface area contributed by atoms with Gasteiger partial charge in [-0.15, -0.1) is 0 Å².